The van der Waals surface area contributed by atoms with E-state index in [1.54, 1.807) is 6.07 Å². The predicted octanol–water partition coefficient (Wildman–Crippen LogP) is 3.71. The summed E-state index contributed by atoms with van der Waals surface area (Å²) in [6.45, 7) is 4.41. The second-order valence-electron chi connectivity index (χ2n) is 4.82. The Bertz CT molecular complexity index is 800. The molecular formula is C17H16N2O2. The van der Waals surface area contributed by atoms with Crippen LogP contribution in [-0.4, -0.2) is 21.7 Å². The molecule has 0 radical (unpaired) electrons. The van der Waals surface area contributed by atoms with Gasteiger partial charge in [0.05, 0.1) is 23.1 Å². The molecule has 3 rings (SSSR count). The van der Waals surface area contributed by atoms with Gasteiger partial charge in [-0.3, -0.25) is 0 Å². The van der Waals surface area contributed by atoms with E-state index in [0.717, 1.165) is 16.5 Å². The summed E-state index contributed by atoms with van der Waals surface area (Å²) in [4.78, 5) is 9.01. The van der Waals surface area contributed by atoms with Crippen LogP contribution in [0.25, 0.3) is 22.3 Å². The maximum Gasteiger partial charge on any atom is 0.225 e. The van der Waals surface area contributed by atoms with Crippen molar-refractivity contribution < 1.29 is 9.84 Å². The first-order chi connectivity index (χ1) is 10.2. The molecule has 0 unspecified atom stereocenters. The van der Waals surface area contributed by atoms with Crippen LogP contribution in [0.1, 0.15) is 12.5 Å². The molecule has 0 amide bonds. The van der Waals surface area contributed by atoms with Crippen LogP contribution in [0.15, 0.2) is 42.5 Å². The van der Waals surface area contributed by atoms with Crippen LogP contribution < -0.4 is 4.74 Å². The fourth-order valence-electron chi connectivity index (χ4n) is 2.24. The molecule has 1 N–H and O–H groups in total. The smallest absolute Gasteiger partial charge is 0.225 e. The number of fused-ring (bicyclic) bond motifs is 1. The third kappa shape index (κ3) is 2.52. The Morgan fingerprint density at radius 2 is 1.90 bits per heavy atom. The number of benzene rings is 2. The number of aromatic hydroxyl groups is 1. The van der Waals surface area contributed by atoms with Gasteiger partial charge in [-0.25, -0.2) is 4.98 Å². The molecule has 0 saturated heterocycles. The lowest BCUT2D eigenvalue weighted by molar-refractivity contribution is 0.331. The number of phenols is 1. The van der Waals surface area contributed by atoms with Crippen LogP contribution in [0.2, 0.25) is 0 Å². The van der Waals surface area contributed by atoms with Crippen molar-refractivity contribution in [2.75, 3.05) is 6.61 Å². The zero-order valence-corrected chi connectivity index (χ0v) is 12.0. The van der Waals surface area contributed by atoms with E-state index < -0.39 is 0 Å². The second-order valence-corrected chi connectivity index (χ2v) is 4.82. The summed E-state index contributed by atoms with van der Waals surface area (Å²) in [5.74, 6) is 1.18. The Labute approximate surface area is 123 Å². The van der Waals surface area contributed by atoms with Gasteiger partial charge in [0.25, 0.3) is 0 Å². The minimum absolute atomic E-state index is 0.165. The summed E-state index contributed by atoms with van der Waals surface area (Å²) in [6.07, 6.45) is 0. The average Bonchev–Trinajstić information content (AvgIpc) is 2.50. The molecular weight excluding hydrogens is 264 g/mol. The highest BCUT2D eigenvalue weighted by atomic mass is 16.5. The standard InChI is InChI=1S/C17H16N2O2/c1-3-21-17-12-6-4-5-7-14(12)18-16(19-17)13-10-11(2)8-9-15(13)20/h4-10,20H,3H2,1-2H3. The minimum atomic E-state index is 0.165. The van der Waals surface area contributed by atoms with Gasteiger partial charge in [0.2, 0.25) is 5.88 Å². The Kier molecular flexibility index (Phi) is 3.44. The van der Waals surface area contributed by atoms with Crippen molar-refractivity contribution in [2.24, 2.45) is 0 Å². The molecule has 0 saturated carbocycles. The molecule has 3 aromatic rings. The monoisotopic (exact) mass is 280 g/mol. The van der Waals surface area contributed by atoms with Gasteiger partial charge in [-0.1, -0.05) is 23.8 Å². The number of hydrogen-bond acceptors (Lipinski definition) is 4. The first-order valence-corrected chi connectivity index (χ1v) is 6.88. The van der Waals surface area contributed by atoms with Crippen LogP contribution >= 0.6 is 0 Å². The maximum atomic E-state index is 10.1. The van der Waals surface area contributed by atoms with Gasteiger partial charge in [0, 0.05) is 0 Å². The number of hydrogen-bond donors (Lipinski definition) is 1. The first-order valence-electron chi connectivity index (χ1n) is 6.88. The van der Waals surface area contributed by atoms with E-state index in [-0.39, 0.29) is 5.75 Å². The lowest BCUT2D eigenvalue weighted by Crippen LogP contribution is -1.99. The fourth-order valence-corrected chi connectivity index (χ4v) is 2.24. The lowest BCUT2D eigenvalue weighted by atomic mass is 10.1. The Hall–Kier alpha value is -2.62. The molecule has 0 aliphatic carbocycles. The lowest BCUT2D eigenvalue weighted by Gasteiger charge is -2.10. The van der Waals surface area contributed by atoms with Crippen molar-refractivity contribution >= 4 is 10.9 Å². The first kappa shape index (κ1) is 13.4. The molecule has 4 heteroatoms. The van der Waals surface area contributed by atoms with Crippen molar-refractivity contribution in [1.29, 1.82) is 0 Å². The normalized spacial score (nSPS) is 10.8. The van der Waals surface area contributed by atoms with Crippen molar-refractivity contribution in [2.45, 2.75) is 13.8 Å². The molecule has 0 fully saturated rings. The average molecular weight is 280 g/mol. The molecule has 106 valence electrons. The number of para-hydroxylation sites is 1. The van der Waals surface area contributed by atoms with Crippen LogP contribution in [0, 0.1) is 6.92 Å². The minimum Gasteiger partial charge on any atom is -0.507 e. The highest BCUT2D eigenvalue weighted by Crippen LogP contribution is 2.31. The summed E-state index contributed by atoms with van der Waals surface area (Å²) in [5.41, 5.74) is 2.45. The van der Waals surface area contributed by atoms with Gasteiger partial charge >= 0.3 is 0 Å². The zero-order chi connectivity index (χ0) is 14.8. The largest absolute Gasteiger partial charge is 0.507 e. The predicted molar refractivity (Wildman–Crippen MR) is 82.5 cm³/mol. The third-order valence-electron chi connectivity index (χ3n) is 3.24. The number of nitrogens with zero attached hydrogens (tertiary/aromatic N) is 2. The van der Waals surface area contributed by atoms with Crippen molar-refractivity contribution in [3.63, 3.8) is 0 Å². The van der Waals surface area contributed by atoms with E-state index in [1.807, 2.05) is 50.2 Å². The molecule has 1 heterocycles. The van der Waals surface area contributed by atoms with Crippen LogP contribution in [-0.2, 0) is 0 Å². The molecule has 4 nitrogen and oxygen atoms in total. The molecule has 21 heavy (non-hydrogen) atoms. The van der Waals surface area contributed by atoms with E-state index in [1.165, 1.54) is 0 Å². The number of rotatable bonds is 3. The zero-order valence-electron chi connectivity index (χ0n) is 12.0. The summed E-state index contributed by atoms with van der Waals surface area (Å²) < 4.78 is 5.62. The van der Waals surface area contributed by atoms with Gasteiger partial charge in [-0.15, -0.1) is 0 Å². The molecule has 0 aliphatic heterocycles. The maximum absolute atomic E-state index is 10.1. The molecule has 0 bridgehead atoms. The van der Waals surface area contributed by atoms with Gasteiger partial charge in [0.15, 0.2) is 5.82 Å². The van der Waals surface area contributed by atoms with E-state index in [9.17, 15) is 5.11 Å². The van der Waals surface area contributed by atoms with Gasteiger partial charge < -0.3 is 9.84 Å². The van der Waals surface area contributed by atoms with Crippen LogP contribution in [0.4, 0.5) is 0 Å². The Balaban J connectivity index is 2.25. The van der Waals surface area contributed by atoms with E-state index in [4.69, 9.17) is 4.74 Å². The van der Waals surface area contributed by atoms with Gasteiger partial charge in [-0.05, 0) is 38.1 Å². The van der Waals surface area contributed by atoms with Crippen LogP contribution in [0.5, 0.6) is 11.6 Å². The van der Waals surface area contributed by atoms with Crippen molar-refractivity contribution in [1.82, 2.24) is 9.97 Å². The molecule has 2 aromatic carbocycles. The molecule has 0 atom stereocenters. The van der Waals surface area contributed by atoms with Crippen molar-refractivity contribution in [3.05, 3.63) is 48.0 Å². The molecule has 0 aliphatic rings. The molecule has 0 spiro atoms. The number of aromatic nitrogens is 2. The number of aryl methyl sites for hydroxylation is 1. The fraction of sp³-hybridized carbons (Fsp3) is 0.176. The van der Waals surface area contributed by atoms with E-state index >= 15 is 0 Å². The van der Waals surface area contributed by atoms with Gasteiger partial charge in [0.1, 0.15) is 5.75 Å². The van der Waals surface area contributed by atoms with E-state index in [2.05, 4.69) is 9.97 Å². The summed E-state index contributed by atoms with van der Waals surface area (Å²) >= 11 is 0. The Morgan fingerprint density at radius 1 is 1.10 bits per heavy atom. The molecule has 1 aromatic heterocycles. The Morgan fingerprint density at radius 3 is 2.71 bits per heavy atom. The summed E-state index contributed by atoms with van der Waals surface area (Å²) in [6, 6.07) is 13.1. The second kappa shape index (κ2) is 5.40. The number of ether oxygens (including phenoxy) is 1. The van der Waals surface area contributed by atoms with E-state index in [0.29, 0.717) is 23.9 Å². The van der Waals surface area contributed by atoms with Crippen LogP contribution in [0.3, 0.4) is 0 Å². The summed E-state index contributed by atoms with van der Waals surface area (Å²) in [7, 11) is 0. The quantitative estimate of drug-likeness (QED) is 0.794. The number of phenolic OH excluding ortho intramolecular Hbond substituents is 1. The van der Waals surface area contributed by atoms with Gasteiger partial charge in [-0.2, -0.15) is 4.98 Å². The highest BCUT2D eigenvalue weighted by molar-refractivity contribution is 5.85. The SMILES string of the molecule is CCOc1nc(-c2cc(C)ccc2O)nc2ccccc12. The summed E-state index contributed by atoms with van der Waals surface area (Å²) in [5, 5.41) is 10.9. The van der Waals surface area contributed by atoms with Crippen molar-refractivity contribution in [3.8, 4) is 23.0 Å². The highest BCUT2D eigenvalue weighted by Gasteiger charge is 2.13. The topological polar surface area (TPSA) is 55.2 Å². The third-order valence-corrected chi connectivity index (χ3v) is 3.24.